The number of likely N-dealkylation sites (tertiary alicyclic amines) is 1. The van der Waals surface area contributed by atoms with E-state index in [2.05, 4.69) is 6.08 Å². The minimum absolute atomic E-state index is 0.212. The summed E-state index contributed by atoms with van der Waals surface area (Å²) in [4.78, 5) is 13.6. The molecule has 0 aromatic carbocycles. The van der Waals surface area contributed by atoms with Gasteiger partial charge >= 0.3 is 6.09 Å². The molecule has 4 heteroatoms. The van der Waals surface area contributed by atoms with Crippen LogP contribution in [0.3, 0.4) is 0 Å². The molecule has 1 fully saturated rings. The summed E-state index contributed by atoms with van der Waals surface area (Å²) in [5.74, 6) is 0. The minimum Gasteiger partial charge on any atom is -0.444 e. The van der Waals surface area contributed by atoms with Crippen molar-refractivity contribution in [3.63, 3.8) is 0 Å². The molecule has 1 amide bonds. The first-order valence-electron chi connectivity index (χ1n) is 7.12. The fourth-order valence-corrected chi connectivity index (χ4v) is 2.04. The van der Waals surface area contributed by atoms with Crippen LogP contribution < -0.4 is 0 Å². The van der Waals surface area contributed by atoms with Gasteiger partial charge in [-0.05, 0) is 53.4 Å². The maximum atomic E-state index is 11.9. The third-order valence-corrected chi connectivity index (χ3v) is 3.07. The average Bonchev–Trinajstić information content (AvgIpc) is 2.27. The Hall–Kier alpha value is -1.03. The van der Waals surface area contributed by atoms with Crippen molar-refractivity contribution in [1.29, 1.82) is 0 Å². The smallest absolute Gasteiger partial charge is 0.410 e. The van der Waals surface area contributed by atoms with Crippen molar-refractivity contribution in [3.05, 3.63) is 11.6 Å². The Bertz CT molecular complexity index is 319. The molecule has 1 saturated heterocycles. The third-order valence-electron chi connectivity index (χ3n) is 3.07. The lowest BCUT2D eigenvalue weighted by molar-refractivity contribution is 0.0236. The number of aliphatic hydroxyl groups is 1. The van der Waals surface area contributed by atoms with Crippen LogP contribution in [0.4, 0.5) is 4.79 Å². The molecule has 0 unspecified atom stereocenters. The number of piperidine rings is 1. The Kier molecular flexibility index (Phi) is 5.85. The number of amides is 1. The predicted molar refractivity (Wildman–Crippen MR) is 76.0 cm³/mol. The van der Waals surface area contributed by atoms with E-state index < -0.39 is 5.60 Å². The van der Waals surface area contributed by atoms with Crippen LogP contribution in [0.15, 0.2) is 11.6 Å². The van der Waals surface area contributed by atoms with E-state index in [1.807, 2.05) is 27.7 Å². The predicted octanol–water partition coefficient (Wildman–Crippen LogP) is 3.10. The summed E-state index contributed by atoms with van der Waals surface area (Å²) in [5.41, 5.74) is 0.963. The Morgan fingerprint density at radius 1 is 1.42 bits per heavy atom. The molecule has 0 saturated carbocycles. The topological polar surface area (TPSA) is 49.8 Å². The first-order chi connectivity index (χ1) is 8.78. The van der Waals surface area contributed by atoms with Crippen LogP contribution in [0.1, 0.15) is 53.4 Å². The Labute approximate surface area is 116 Å². The fraction of sp³-hybridized carbons (Fsp3) is 0.800. The maximum absolute atomic E-state index is 11.9. The van der Waals surface area contributed by atoms with E-state index in [4.69, 9.17) is 4.74 Å². The lowest BCUT2D eigenvalue weighted by atomic mass is 10.0. The summed E-state index contributed by atoms with van der Waals surface area (Å²) in [6, 6.07) is 0. The fourth-order valence-electron chi connectivity index (χ4n) is 2.04. The van der Waals surface area contributed by atoms with Crippen LogP contribution >= 0.6 is 0 Å². The van der Waals surface area contributed by atoms with Crippen molar-refractivity contribution in [1.82, 2.24) is 4.90 Å². The molecule has 0 spiro atoms. The third kappa shape index (κ3) is 6.62. The van der Waals surface area contributed by atoms with Crippen LogP contribution in [-0.2, 0) is 4.74 Å². The van der Waals surface area contributed by atoms with E-state index in [0.717, 1.165) is 38.8 Å². The zero-order valence-corrected chi connectivity index (χ0v) is 12.6. The van der Waals surface area contributed by atoms with Gasteiger partial charge in [-0.1, -0.05) is 11.6 Å². The molecular weight excluding hydrogens is 242 g/mol. The number of carbonyl (C=O) groups is 1. The standard InChI is InChI=1S/C15H27NO3/c1-12(17)6-5-7-13-8-10-16(11-9-13)14(18)19-15(2,3)4/h7,12,17H,5-6,8-11H2,1-4H3/t12-/m1/s1. The number of allylic oxidation sites excluding steroid dienone is 1. The molecule has 1 aliphatic rings. The van der Waals surface area contributed by atoms with Gasteiger partial charge in [0, 0.05) is 13.1 Å². The van der Waals surface area contributed by atoms with Gasteiger partial charge in [-0.2, -0.15) is 0 Å². The van der Waals surface area contributed by atoms with Crippen LogP contribution in [0, 0.1) is 0 Å². The Morgan fingerprint density at radius 2 is 2.00 bits per heavy atom. The van der Waals surface area contributed by atoms with Crippen molar-refractivity contribution >= 4 is 6.09 Å². The Morgan fingerprint density at radius 3 is 2.47 bits per heavy atom. The highest BCUT2D eigenvalue weighted by Crippen LogP contribution is 2.19. The lowest BCUT2D eigenvalue weighted by Gasteiger charge is -2.31. The van der Waals surface area contributed by atoms with Gasteiger partial charge < -0.3 is 14.7 Å². The summed E-state index contributed by atoms with van der Waals surface area (Å²) >= 11 is 0. The summed E-state index contributed by atoms with van der Waals surface area (Å²) < 4.78 is 5.36. The summed E-state index contributed by atoms with van der Waals surface area (Å²) in [6.45, 7) is 8.93. The van der Waals surface area contributed by atoms with Crippen molar-refractivity contribution in [2.45, 2.75) is 65.1 Å². The molecule has 110 valence electrons. The van der Waals surface area contributed by atoms with Gasteiger partial charge in [0.15, 0.2) is 0 Å². The number of carbonyl (C=O) groups excluding carboxylic acids is 1. The number of ether oxygens (including phenoxy) is 1. The highest BCUT2D eigenvalue weighted by molar-refractivity contribution is 5.68. The number of rotatable bonds is 3. The van der Waals surface area contributed by atoms with Crippen molar-refractivity contribution in [3.8, 4) is 0 Å². The van der Waals surface area contributed by atoms with Gasteiger partial charge in [0.25, 0.3) is 0 Å². The largest absolute Gasteiger partial charge is 0.444 e. The molecule has 0 aromatic heterocycles. The van der Waals surface area contributed by atoms with E-state index in [1.165, 1.54) is 5.57 Å². The number of hydrogen-bond donors (Lipinski definition) is 1. The normalized spacial score (nSPS) is 18.2. The molecule has 1 heterocycles. The van der Waals surface area contributed by atoms with Crippen molar-refractivity contribution < 1.29 is 14.6 Å². The van der Waals surface area contributed by atoms with Gasteiger partial charge in [0.05, 0.1) is 6.10 Å². The van der Waals surface area contributed by atoms with E-state index in [1.54, 1.807) is 4.90 Å². The van der Waals surface area contributed by atoms with Crippen LogP contribution in [-0.4, -0.2) is 40.9 Å². The van der Waals surface area contributed by atoms with Gasteiger partial charge in [0.2, 0.25) is 0 Å². The van der Waals surface area contributed by atoms with Gasteiger partial charge in [-0.3, -0.25) is 0 Å². The molecule has 0 aliphatic carbocycles. The molecule has 4 nitrogen and oxygen atoms in total. The van der Waals surface area contributed by atoms with E-state index >= 15 is 0 Å². The van der Waals surface area contributed by atoms with E-state index in [9.17, 15) is 9.90 Å². The van der Waals surface area contributed by atoms with Gasteiger partial charge in [0.1, 0.15) is 5.60 Å². The van der Waals surface area contributed by atoms with Crippen molar-refractivity contribution in [2.75, 3.05) is 13.1 Å². The molecule has 1 atom stereocenters. The second-order valence-corrected chi connectivity index (χ2v) is 6.26. The second kappa shape index (κ2) is 6.94. The van der Waals surface area contributed by atoms with Gasteiger partial charge in [-0.25, -0.2) is 4.79 Å². The second-order valence-electron chi connectivity index (χ2n) is 6.26. The minimum atomic E-state index is -0.426. The molecular formula is C15H27NO3. The quantitative estimate of drug-likeness (QED) is 0.801. The first kappa shape index (κ1) is 16.0. The molecule has 0 radical (unpaired) electrons. The summed E-state index contributed by atoms with van der Waals surface area (Å²) in [5, 5.41) is 9.21. The zero-order chi connectivity index (χ0) is 14.5. The number of aliphatic hydroxyl groups excluding tert-OH is 1. The average molecular weight is 269 g/mol. The van der Waals surface area contributed by atoms with Crippen LogP contribution in [0.25, 0.3) is 0 Å². The van der Waals surface area contributed by atoms with Crippen LogP contribution in [0.2, 0.25) is 0 Å². The number of nitrogens with zero attached hydrogens (tertiary/aromatic N) is 1. The van der Waals surface area contributed by atoms with Crippen LogP contribution in [0.5, 0.6) is 0 Å². The molecule has 1 aliphatic heterocycles. The highest BCUT2D eigenvalue weighted by atomic mass is 16.6. The molecule has 1 N–H and O–H groups in total. The zero-order valence-electron chi connectivity index (χ0n) is 12.6. The number of hydrogen-bond acceptors (Lipinski definition) is 3. The molecule has 0 aromatic rings. The Balaban J connectivity index is 2.34. The molecule has 19 heavy (non-hydrogen) atoms. The lowest BCUT2D eigenvalue weighted by Crippen LogP contribution is -2.40. The SMILES string of the molecule is C[C@@H](O)CCC=C1CCN(C(=O)OC(C)(C)C)CC1. The maximum Gasteiger partial charge on any atom is 0.410 e. The van der Waals surface area contributed by atoms with E-state index in [0.29, 0.717) is 0 Å². The summed E-state index contributed by atoms with van der Waals surface area (Å²) in [7, 11) is 0. The van der Waals surface area contributed by atoms with Gasteiger partial charge in [-0.15, -0.1) is 0 Å². The molecule has 1 rings (SSSR count). The van der Waals surface area contributed by atoms with E-state index in [-0.39, 0.29) is 12.2 Å². The molecule has 0 bridgehead atoms. The van der Waals surface area contributed by atoms with Crippen molar-refractivity contribution in [2.24, 2.45) is 0 Å². The monoisotopic (exact) mass is 269 g/mol. The highest BCUT2D eigenvalue weighted by Gasteiger charge is 2.24. The first-order valence-corrected chi connectivity index (χ1v) is 7.12. The summed E-state index contributed by atoms with van der Waals surface area (Å²) in [6.07, 6.45) is 5.31.